The summed E-state index contributed by atoms with van der Waals surface area (Å²) in [6.07, 6.45) is 2.90. The van der Waals surface area contributed by atoms with Crippen LogP contribution in [0.15, 0.2) is 53.7 Å². The van der Waals surface area contributed by atoms with E-state index in [-0.39, 0.29) is 22.8 Å². The molecular formula is C21H18N8O. The number of hydrogen-bond acceptors (Lipinski definition) is 8. The van der Waals surface area contributed by atoms with Gasteiger partial charge in [0.05, 0.1) is 23.0 Å². The summed E-state index contributed by atoms with van der Waals surface area (Å²) in [5, 5.41) is 12.5. The third-order valence-corrected chi connectivity index (χ3v) is 4.75. The van der Waals surface area contributed by atoms with Crippen LogP contribution in [0.4, 0.5) is 11.6 Å². The summed E-state index contributed by atoms with van der Waals surface area (Å²) in [5.74, 6) is 0.352. The zero-order valence-corrected chi connectivity index (χ0v) is 16.4. The Morgan fingerprint density at radius 3 is 2.73 bits per heavy atom. The standard InChI is InChI=1S/C21H18N8O/c1-12-6-5-8-16-28-18(13(2)27-20-14(10-22)19(23)25-11-26-20)17(21(30)29(12)16)15-7-3-4-9-24-15/h3-9,11,13H,1-2H3,(H3,23,25,26,27)/t13-/m0/s1. The lowest BCUT2D eigenvalue weighted by Crippen LogP contribution is -2.25. The Labute approximate surface area is 171 Å². The molecule has 30 heavy (non-hydrogen) atoms. The highest BCUT2D eigenvalue weighted by Gasteiger charge is 2.22. The van der Waals surface area contributed by atoms with Crippen molar-refractivity contribution in [2.24, 2.45) is 0 Å². The molecule has 148 valence electrons. The molecule has 1 atom stereocenters. The molecular weight excluding hydrogens is 380 g/mol. The topological polar surface area (TPSA) is 135 Å². The van der Waals surface area contributed by atoms with Crippen LogP contribution < -0.4 is 16.6 Å². The molecule has 0 saturated heterocycles. The summed E-state index contributed by atoms with van der Waals surface area (Å²) in [6, 6.07) is 12.4. The van der Waals surface area contributed by atoms with E-state index in [0.717, 1.165) is 5.69 Å². The van der Waals surface area contributed by atoms with Gasteiger partial charge in [-0.3, -0.25) is 14.2 Å². The van der Waals surface area contributed by atoms with Gasteiger partial charge >= 0.3 is 0 Å². The molecule has 4 rings (SSSR count). The van der Waals surface area contributed by atoms with Crippen molar-refractivity contribution >= 4 is 17.3 Å². The van der Waals surface area contributed by atoms with Gasteiger partial charge in [0, 0.05) is 11.9 Å². The Bertz CT molecular complexity index is 1340. The molecule has 0 aliphatic heterocycles. The van der Waals surface area contributed by atoms with E-state index in [4.69, 9.17) is 10.7 Å². The molecule has 0 saturated carbocycles. The first-order chi connectivity index (χ1) is 14.5. The maximum absolute atomic E-state index is 13.5. The van der Waals surface area contributed by atoms with Crippen molar-refractivity contribution in [3.05, 3.63) is 76.2 Å². The lowest BCUT2D eigenvalue weighted by atomic mass is 10.1. The molecule has 0 aromatic carbocycles. The molecule has 4 heterocycles. The van der Waals surface area contributed by atoms with Gasteiger partial charge in [-0.1, -0.05) is 12.1 Å². The highest BCUT2D eigenvalue weighted by molar-refractivity contribution is 5.66. The van der Waals surface area contributed by atoms with Gasteiger partial charge in [-0.25, -0.2) is 15.0 Å². The zero-order valence-electron chi connectivity index (χ0n) is 16.4. The number of nitriles is 1. The number of nitrogens with two attached hydrogens (primary N) is 1. The second-order valence-corrected chi connectivity index (χ2v) is 6.71. The number of hydrogen-bond donors (Lipinski definition) is 2. The van der Waals surface area contributed by atoms with Gasteiger partial charge in [-0.2, -0.15) is 5.26 Å². The maximum atomic E-state index is 13.5. The van der Waals surface area contributed by atoms with Gasteiger partial charge in [0.2, 0.25) is 0 Å². The molecule has 9 heteroatoms. The summed E-state index contributed by atoms with van der Waals surface area (Å²) >= 11 is 0. The molecule has 9 nitrogen and oxygen atoms in total. The smallest absolute Gasteiger partial charge is 0.267 e. The molecule has 0 aliphatic carbocycles. The van der Waals surface area contributed by atoms with Gasteiger partial charge in [0.15, 0.2) is 0 Å². The van der Waals surface area contributed by atoms with Crippen LogP contribution in [0.25, 0.3) is 16.9 Å². The number of nitrogens with zero attached hydrogens (tertiary/aromatic N) is 6. The Kier molecular flexibility index (Phi) is 4.82. The van der Waals surface area contributed by atoms with E-state index < -0.39 is 6.04 Å². The number of anilines is 2. The van der Waals surface area contributed by atoms with Crippen LogP contribution in [0.3, 0.4) is 0 Å². The third-order valence-electron chi connectivity index (χ3n) is 4.75. The highest BCUT2D eigenvalue weighted by Crippen LogP contribution is 2.27. The Morgan fingerprint density at radius 1 is 1.17 bits per heavy atom. The fourth-order valence-corrected chi connectivity index (χ4v) is 3.31. The van der Waals surface area contributed by atoms with E-state index in [1.54, 1.807) is 28.8 Å². The monoisotopic (exact) mass is 398 g/mol. The first-order valence-electron chi connectivity index (χ1n) is 9.22. The minimum Gasteiger partial charge on any atom is -0.382 e. The first kappa shape index (κ1) is 19.0. The molecule has 0 aliphatic rings. The van der Waals surface area contributed by atoms with Crippen molar-refractivity contribution in [2.45, 2.75) is 19.9 Å². The van der Waals surface area contributed by atoms with Crippen LogP contribution in [-0.2, 0) is 0 Å². The average Bonchev–Trinajstić information content (AvgIpc) is 2.74. The van der Waals surface area contributed by atoms with E-state index in [2.05, 4.69) is 20.3 Å². The SMILES string of the molecule is Cc1cccc2nc([C@H](C)Nc3ncnc(N)c3C#N)c(-c3ccccn3)c(=O)n12. The summed E-state index contributed by atoms with van der Waals surface area (Å²) in [4.78, 5) is 30.5. The number of nitrogen functional groups attached to an aromatic ring is 1. The van der Waals surface area contributed by atoms with Crippen molar-refractivity contribution in [3.8, 4) is 17.3 Å². The zero-order chi connectivity index (χ0) is 21.3. The van der Waals surface area contributed by atoms with Crippen molar-refractivity contribution in [1.82, 2.24) is 24.3 Å². The van der Waals surface area contributed by atoms with Crippen LogP contribution in [0.2, 0.25) is 0 Å². The molecule has 0 radical (unpaired) electrons. The second-order valence-electron chi connectivity index (χ2n) is 6.71. The molecule has 0 bridgehead atoms. The van der Waals surface area contributed by atoms with Crippen molar-refractivity contribution in [1.29, 1.82) is 5.26 Å². The maximum Gasteiger partial charge on any atom is 0.267 e. The Balaban J connectivity index is 1.93. The van der Waals surface area contributed by atoms with E-state index in [9.17, 15) is 10.1 Å². The average molecular weight is 398 g/mol. The molecule has 0 fully saturated rings. The van der Waals surface area contributed by atoms with Crippen molar-refractivity contribution in [3.63, 3.8) is 0 Å². The molecule has 3 N–H and O–H groups in total. The normalized spacial score (nSPS) is 11.8. The first-order valence-corrected chi connectivity index (χ1v) is 9.22. The molecule has 4 aromatic rings. The van der Waals surface area contributed by atoms with Gasteiger partial charge < -0.3 is 11.1 Å². The van der Waals surface area contributed by atoms with Gasteiger partial charge in [0.1, 0.15) is 35.2 Å². The summed E-state index contributed by atoms with van der Waals surface area (Å²) in [5.41, 5.74) is 8.38. The lowest BCUT2D eigenvalue weighted by molar-refractivity contribution is 0.817. The summed E-state index contributed by atoms with van der Waals surface area (Å²) in [7, 11) is 0. The predicted octanol–water partition coefficient (Wildman–Crippen LogP) is 2.48. The predicted molar refractivity (Wildman–Crippen MR) is 113 cm³/mol. The second kappa shape index (κ2) is 7.60. The molecule has 0 unspecified atom stereocenters. The minimum atomic E-state index is -0.471. The van der Waals surface area contributed by atoms with Gasteiger partial charge in [-0.15, -0.1) is 0 Å². The lowest BCUT2D eigenvalue weighted by Gasteiger charge is -2.19. The fraction of sp³-hybridized carbons (Fsp3) is 0.143. The largest absolute Gasteiger partial charge is 0.382 e. The molecule has 0 amide bonds. The van der Waals surface area contributed by atoms with Crippen LogP contribution in [-0.4, -0.2) is 24.3 Å². The van der Waals surface area contributed by atoms with E-state index in [0.29, 0.717) is 22.6 Å². The van der Waals surface area contributed by atoms with Crippen LogP contribution in [0.5, 0.6) is 0 Å². The number of rotatable bonds is 4. The van der Waals surface area contributed by atoms with E-state index >= 15 is 0 Å². The van der Waals surface area contributed by atoms with Crippen molar-refractivity contribution < 1.29 is 0 Å². The molecule has 4 aromatic heterocycles. The number of aromatic nitrogens is 5. The Hall–Kier alpha value is -4.32. The van der Waals surface area contributed by atoms with Crippen LogP contribution >= 0.6 is 0 Å². The quantitative estimate of drug-likeness (QED) is 0.535. The van der Waals surface area contributed by atoms with Gasteiger partial charge in [0.25, 0.3) is 5.56 Å². The van der Waals surface area contributed by atoms with E-state index in [1.807, 2.05) is 38.1 Å². The minimum absolute atomic E-state index is 0.0781. The highest BCUT2D eigenvalue weighted by atomic mass is 16.1. The Morgan fingerprint density at radius 2 is 2.00 bits per heavy atom. The van der Waals surface area contributed by atoms with Crippen LogP contribution in [0.1, 0.15) is 29.9 Å². The van der Waals surface area contributed by atoms with Crippen molar-refractivity contribution in [2.75, 3.05) is 11.1 Å². The molecule has 0 spiro atoms. The fourth-order valence-electron chi connectivity index (χ4n) is 3.31. The number of nitrogens with one attached hydrogen (secondary N) is 1. The number of pyridine rings is 2. The van der Waals surface area contributed by atoms with Crippen LogP contribution in [0, 0.1) is 18.3 Å². The summed E-state index contributed by atoms with van der Waals surface area (Å²) in [6.45, 7) is 3.68. The van der Waals surface area contributed by atoms with E-state index in [1.165, 1.54) is 6.33 Å². The number of fused-ring (bicyclic) bond motifs is 1. The number of aryl methyl sites for hydroxylation is 1. The summed E-state index contributed by atoms with van der Waals surface area (Å²) < 4.78 is 1.56. The third kappa shape index (κ3) is 3.20. The van der Waals surface area contributed by atoms with Gasteiger partial charge in [-0.05, 0) is 38.1 Å².